The molecule has 0 rings (SSSR count). The van der Waals surface area contributed by atoms with Crippen molar-refractivity contribution in [2.45, 2.75) is 84.4 Å². The monoisotopic (exact) mass is 270 g/mol. The van der Waals surface area contributed by atoms with Gasteiger partial charge in [0.2, 0.25) is 0 Å². The van der Waals surface area contributed by atoms with Crippen molar-refractivity contribution in [3.63, 3.8) is 0 Å². The third-order valence-corrected chi connectivity index (χ3v) is 10.5. The van der Waals surface area contributed by atoms with Crippen molar-refractivity contribution >= 4 is 8.07 Å². The Bertz CT molecular complexity index is 211. The molecule has 0 aliphatic rings. The van der Waals surface area contributed by atoms with E-state index in [1.807, 2.05) is 0 Å². The summed E-state index contributed by atoms with van der Waals surface area (Å²) in [4.78, 5) is 0. The molecule has 0 aromatic carbocycles. The molecule has 0 aliphatic heterocycles. The summed E-state index contributed by atoms with van der Waals surface area (Å²) in [7, 11) is -1.24. The van der Waals surface area contributed by atoms with Crippen LogP contribution < -0.4 is 0 Å². The van der Waals surface area contributed by atoms with Crippen molar-refractivity contribution in [1.82, 2.24) is 0 Å². The molecule has 0 aliphatic carbocycles. The van der Waals surface area contributed by atoms with Crippen LogP contribution in [0.25, 0.3) is 0 Å². The number of unbranched alkanes of at least 4 members (excludes halogenated alkanes) is 4. The van der Waals surface area contributed by atoms with E-state index in [4.69, 9.17) is 0 Å². The second-order valence-electron chi connectivity index (χ2n) is 5.42. The number of aliphatic hydroxyl groups excluding tert-OH is 1. The summed E-state index contributed by atoms with van der Waals surface area (Å²) in [5.74, 6) is 0. The van der Waals surface area contributed by atoms with Gasteiger partial charge < -0.3 is 5.11 Å². The van der Waals surface area contributed by atoms with Gasteiger partial charge in [-0.25, -0.2) is 0 Å². The fraction of sp³-hybridized carbons (Fsp3) is 0.875. The van der Waals surface area contributed by atoms with Crippen LogP contribution in [0.4, 0.5) is 0 Å². The minimum atomic E-state index is -1.24. The second-order valence-corrected chi connectivity index (χ2v) is 10.7. The Morgan fingerprint density at radius 1 is 0.889 bits per heavy atom. The van der Waals surface area contributed by atoms with Crippen LogP contribution >= 0.6 is 0 Å². The number of aliphatic hydroxyl groups is 1. The van der Waals surface area contributed by atoms with E-state index in [1.54, 1.807) is 5.20 Å². The Morgan fingerprint density at radius 3 is 1.89 bits per heavy atom. The van der Waals surface area contributed by atoms with Crippen LogP contribution in [0.5, 0.6) is 0 Å². The Hall–Kier alpha value is -0.0831. The minimum Gasteiger partial charge on any atom is -0.392 e. The summed E-state index contributed by atoms with van der Waals surface area (Å²) in [6.07, 6.45) is 10.1. The van der Waals surface area contributed by atoms with E-state index >= 15 is 0 Å². The van der Waals surface area contributed by atoms with Crippen molar-refractivity contribution in [3.8, 4) is 0 Å². The molecule has 0 bridgehead atoms. The first-order valence-electron chi connectivity index (χ1n) is 8.01. The van der Waals surface area contributed by atoms with Gasteiger partial charge in [0.15, 0.2) is 0 Å². The predicted molar refractivity (Wildman–Crippen MR) is 85.7 cm³/mol. The maximum Gasteiger partial charge on any atom is 0.0804 e. The maximum atomic E-state index is 9.27. The summed E-state index contributed by atoms with van der Waals surface area (Å²) in [5, 5.41) is 10.9. The molecule has 0 heterocycles. The zero-order chi connectivity index (χ0) is 13.9. The van der Waals surface area contributed by atoms with Crippen LogP contribution in [-0.4, -0.2) is 19.8 Å². The molecule has 1 N–H and O–H groups in total. The topological polar surface area (TPSA) is 20.2 Å². The third-order valence-electron chi connectivity index (χ3n) is 4.60. The highest BCUT2D eigenvalue weighted by atomic mass is 28.3. The predicted octanol–water partition coefficient (Wildman–Crippen LogP) is 5.31. The molecular weight excluding hydrogens is 236 g/mol. The van der Waals surface area contributed by atoms with E-state index in [-0.39, 0.29) is 6.61 Å². The van der Waals surface area contributed by atoms with Crippen LogP contribution in [0.15, 0.2) is 11.3 Å². The lowest BCUT2D eigenvalue weighted by atomic mass is 10.1. The van der Waals surface area contributed by atoms with E-state index in [9.17, 15) is 5.11 Å². The van der Waals surface area contributed by atoms with Crippen molar-refractivity contribution in [3.05, 3.63) is 11.3 Å². The van der Waals surface area contributed by atoms with Crippen molar-refractivity contribution in [1.29, 1.82) is 0 Å². The van der Waals surface area contributed by atoms with E-state index < -0.39 is 8.07 Å². The van der Waals surface area contributed by atoms with E-state index in [0.717, 1.165) is 0 Å². The molecule has 0 aromatic rings. The molecule has 0 amide bonds. The number of hydrogen-bond acceptors (Lipinski definition) is 1. The Labute approximate surface area is 116 Å². The zero-order valence-electron chi connectivity index (χ0n) is 13.1. The molecule has 108 valence electrons. The third kappa shape index (κ3) is 5.70. The lowest BCUT2D eigenvalue weighted by molar-refractivity contribution is 0.342. The van der Waals surface area contributed by atoms with Gasteiger partial charge in [0, 0.05) is 0 Å². The molecule has 0 atom stereocenters. The molecule has 18 heavy (non-hydrogen) atoms. The largest absolute Gasteiger partial charge is 0.392 e. The summed E-state index contributed by atoms with van der Waals surface area (Å²) < 4.78 is 0. The smallest absolute Gasteiger partial charge is 0.0804 e. The molecule has 2 heteroatoms. The fourth-order valence-electron chi connectivity index (χ4n) is 3.04. The lowest BCUT2D eigenvalue weighted by Gasteiger charge is -2.31. The molecule has 0 saturated heterocycles. The van der Waals surface area contributed by atoms with E-state index in [2.05, 4.69) is 33.8 Å². The SMILES string of the molecule is CCCCCCC/C(=C/CO)[Si](CC)(CC)CC. The molecule has 0 aromatic heterocycles. The minimum absolute atomic E-state index is 0.235. The van der Waals surface area contributed by atoms with Crippen molar-refractivity contribution in [2.75, 3.05) is 6.61 Å². The van der Waals surface area contributed by atoms with E-state index in [1.165, 1.54) is 56.7 Å². The van der Waals surface area contributed by atoms with Crippen LogP contribution in [0.3, 0.4) is 0 Å². The van der Waals surface area contributed by atoms with Gasteiger partial charge >= 0.3 is 0 Å². The van der Waals surface area contributed by atoms with Gasteiger partial charge in [-0.05, 0) is 12.8 Å². The number of allylic oxidation sites excluding steroid dienone is 1. The van der Waals surface area contributed by atoms with Gasteiger partial charge in [0.25, 0.3) is 0 Å². The van der Waals surface area contributed by atoms with Crippen LogP contribution in [0, 0.1) is 0 Å². The fourth-order valence-corrected chi connectivity index (χ4v) is 7.14. The number of rotatable bonds is 11. The first kappa shape index (κ1) is 17.9. The summed E-state index contributed by atoms with van der Waals surface area (Å²) in [5.41, 5.74) is 0. The standard InChI is InChI=1S/C16H34OSi/c1-5-9-10-11-12-13-16(14-15-17)18(6-2,7-3)8-4/h14,17H,5-13,15H2,1-4H3/b16-14-. The van der Waals surface area contributed by atoms with Gasteiger partial charge in [-0.2, -0.15) is 0 Å². The van der Waals surface area contributed by atoms with Crippen molar-refractivity contribution < 1.29 is 5.11 Å². The zero-order valence-corrected chi connectivity index (χ0v) is 14.1. The highest BCUT2D eigenvalue weighted by Gasteiger charge is 2.30. The molecule has 0 saturated carbocycles. The van der Waals surface area contributed by atoms with Crippen molar-refractivity contribution in [2.24, 2.45) is 0 Å². The summed E-state index contributed by atoms with van der Waals surface area (Å²) in [6.45, 7) is 9.55. The van der Waals surface area contributed by atoms with Crippen LogP contribution in [0.1, 0.15) is 66.2 Å². The average molecular weight is 271 g/mol. The van der Waals surface area contributed by atoms with Gasteiger partial charge in [0.1, 0.15) is 0 Å². The number of hydrogen-bond donors (Lipinski definition) is 1. The Morgan fingerprint density at radius 2 is 1.44 bits per heavy atom. The quantitative estimate of drug-likeness (QED) is 0.398. The molecular formula is C16H34OSi. The summed E-state index contributed by atoms with van der Waals surface area (Å²) in [6, 6.07) is 4.00. The maximum absolute atomic E-state index is 9.27. The van der Waals surface area contributed by atoms with Gasteiger partial charge in [-0.1, -0.05) is 82.8 Å². The highest BCUT2D eigenvalue weighted by molar-refractivity contribution is 6.86. The normalized spacial score (nSPS) is 13.1. The van der Waals surface area contributed by atoms with Gasteiger partial charge in [-0.15, -0.1) is 0 Å². The Balaban J connectivity index is 4.41. The molecule has 1 nitrogen and oxygen atoms in total. The van der Waals surface area contributed by atoms with Gasteiger partial charge in [0.05, 0.1) is 14.7 Å². The van der Waals surface area contributed by atoms with Crippen LogP contribution in [-0.2, 0) is 0 Å². The second kappa shape index (κ2) is 10.8. The molecule has 0 unspecified atom stereocenters. The first-order valence-corrected chi connectivity index (χ1v) is 10.6. The molecule has 0 radical (unpaired) electrons. The van der Waals surface area contributed by atoms with E-state index in [0.29, 0.717) is 0 Å². The Kier molecular flexibility index (Phi) is 10.8. The molecule has 0 spiro atoms. The highest BCUT2D eigenvalue weighted by Crippen LogP contribution is 2.31. The molecule has 0 fully saturated rings. The first-order chi connectivity index (χ1) is 8.70. The lowest BCUT2D eigenvalue weighted by Crippen LogP contribution is -2.35. The van der Waals surface area contributed by atoms with Gasteiger partial charge in [-0.3, -0.25) is 0 Å². The summed E-state index contributed by atoms with van der Waals surface area (Å²) >= 11 is 0. The average Bonchev–Trinajstić information content (AvgIpc) is 2.41. The van der Waals surface area contributed by atoms with Crippen LogP contribution in [0.2, 0.25) is 18.1 Å².